The Bertz CT molecular complexity index is 619. The van der Waals surface area contributed by atoms with Crippen LogP contribution in [0.1, 0.15) is 51.0 Å². The number of amides is 1. The van der Waals surface area contributed by atoms with Crippen LogP contribution < -0.4 is 5.43 Å². The number of carbonyl (C=O) groups is 2. The van der Waals surface area contributed by atoms with Gasteiger partial charge in [0.05, 0.1) is 0 Å². The highest BCUT2D eigenvalue weighted by Crippen LogP contribution is 2.47. The van der Waals surface area contributed by atoms with Crippen molar-refractivity contribution in [1.82, 2.24) is 5.43 Å². The number of hydrogen-bond donors (Lipinski definition) is 1. The van der Waals surface area contributed by atoms with Crippen LogP contribution in [0.3, 0.4) is 0 Å². The molecule has 22 heavy (non-hydrogen) atoms. The number of nitrogens with one attached hydrogen (secondary N) is 1. The lowest BCUT2D eigenvalue weighted by Crippen LogP contribution is -2.31. The molecule has 4 heteroatoms. The molecule has 3 rings (SSSR count). The maximum Gasteiger partial charge on any atom is 0.243 e. The van der Waals surface area contributed by atoms with Crippen LogP contribution in [0.5, 0.6) is 0 Å². The third-order valence-corrected chi connectivity index (χ3v) is 4.44. The maximum atomic E-state index is 12.2. The normalized spacial score (nSPS) is 28.5. The van der Waals surface area contributed by atoms with Gasteiger partial charge in [-0.25, -0.2) is 5.43 Å². The lowest BCUT2D eigenvalue weighted by atomic mass is 9.76. The summed E-state index contributed by atoms with van der Waals surface area (Å²) >= 11 is 0. The van der Waals surface area contributed by atoms with Gasteiger partial charge in [-0.1, -0.05) is 44.2 Å². The number of rotatable bonds is 3. The standard InChI is InChI=1S/C18H22N2O2/c1-18(2)10-13(8-14(21)11-18)19-20-17(22)16-9-15(16)12-6-4-3-5-7-12/h3-7,15-16H,8-11H2,1-2H3,(H,20,22)/b19-13-/t15-,16+/m0/s1. The lowest BCUT2D eigenvalue weighted by molar-refractivity contribution is -0.123. The van der Waals surface area contributed by atoms with Crippen molar-refractivity contribution in [2.45, 2.75) is 45.4 Å². The average molecular weight is 298 g/mol. The van der Waals surface area contributed by atoms with E-state index in [2.05, 4.69) is 36.5 Å². The van der Waals surface area contributed by atoms with Crippen molar-refractivity contribution < 1.29 is 9.59 Å². The summed E-state index contributed by atoms with van der Waals surface area (Å²) in [5.41, 5.74) is 4.63. The molecule has 0 saturated heterocycles. The molecule has 1 aromatic carbocycles. The van der Waals surface area contributed by atoms with Crippen LogP contribution in [0.15, 0.2) is 35.4 Å². The van der Waals surface area contributed by atoms with Gasteiger partial charge in [-0.05, 0) is 29.7 Å². The highest BCUT2D eigenvalue weighted by atomic mass is 16.2. The summed E-state index contributed by atoms with van der Waals surface area (Å²) in [6.45, 7) is 4.13. The Morgan fingerprint density at radius 3 is 2.64 bits per heavy atom. The first-order valence-electron chi connectivity index (χ1n) is 7.86. The zero-order chi connectivity index (χ0) is 15.7. The molecule has 1 amide bonds. The summed E-state index contributed by atoms with van der Waals surface area (Å²) in [5.74, 6) is 0.500. The molecule has 0 aliphatic heterocycles. The molecule has 2 fully saturated rings. The van der Waals surface area contributed by atoms with E-state index in [1.165, 1.54) is 5.56 Å². The summed E-state index contributed by atoms with van der Waals surface area (Å²) in [4.78, 5) is 23.9. The van der Waals surface area contributed by atoms with Crippen molar-refractivity contribution >= 4 is 17.4 Å². The monoisotopic (exact) mass is 298 g/mol. The van der Waals surface area contributed by atoms with Gasteiger partial charge in [-0.15, -0.1) is 0 Å². The fourth-order valence-electron chi connectivity index (χ4n) is 3.35. The molecule has 2 atom stereocenters. The van der Waals surface area contributed by atoms with Gasteiger partial charge < -0.3 is 0 Å². The zero-order valence-electron chi connectivity index (χ0n) is 13.1. The van der Waals surface area contributed by atoms with E-state index in [0.29, 0.717) is 18.8 Å². The molecule has 116 valence electrons. The van der Waals surface area contributed by atoms with E-state index < -0.39 is 0 Å². The van der Waals surface area contributed by atoms with Crippen LogP contribution >= 0.6 is 0 Å². The Morgan fingerprint density at radius 1 is 1.23 bits per heavy atom. The van der Waals surface area contributed by atoms with Crippen molar-refractivity contribution in [2.24, 2.45) is 16.4 Å². The summed E-state index contributed by atoms with van der Waals surface area (Å²) in [6, 6.07) is 10.1. The minimum absolute atomic E-state index is 0.0130. The summed E-state index contributed by atoms with van der Waals surface area (Å²) in [6.07, 6.45) is 2.62. The number of nitrogens with zero attached hydrogens (tertiary/aromatic N) is 1. The van der Waals surface area contributed by atoms with Crippen LogP contribution in [-0.4, -0.2) is 17.4 Å². The summed E-state index contributed by atoms with van der Waals surface area (Å²) < 4.78 is 0. The fourth-order valence-corrected chi connectivity index (χ4v) is 3.35. The van der Waals surface area contributed by atoms with Gasteiger partial charge in [-0.3, -0.25) is 9.59 Å². The van der Waals surface area contributed by atoms with Crippen molar-refractivity contribution in [3.05, 3.63) is 35.9 Å². The van der Waals surface area contributed by atoms with Crippen LogP contribution in [0.25, 0.3) is 0 Å². The number of carbonyl (C=O) groups excluding carboxylic acids is 2. The van der Waals surface area contributed by atoms with Crippen molar-refractivity contribution in [3.8, 4) is 0 Å². The Balaban J connectivity index is 1.57. The number of hydrogen-bond acceptors (Lipinski definition) is 3. The molecule has 0 bridgehead atoms. The molecule has 0 radical (unpaired) electrons. The predicted molar refractivity (Wildman–Crippen MR) is 85.5 cm³/mol. The second-order valence-electron chi connectivity index (χ2n) is 7.25. The van der Waals surface area contributed by atoms with Crippen LogP contribution in [0.4, 0.5) is 0 Å². The number of ketones is 1. The van der Waals surface area contributed by atoms with Crippen molar-refractivity contribution in [3.63, 3.8) is 0 Å². The van der Waals surface area contributed by atoms with E-state index in [4.69, 9.17) is 0 Å². The van der Waals surface area contributed by atoms with Crippen molar-refractivity contribution in [2.75, 3.05) is 0 Å². The molecule has 2 aliphatic rings. The van der Waals surface area contributed by atoms with E-state index in [1.54, 1.807) is 0 Å². The van der Waals surface area contributed by atoms with E-state index >= 15 is 0 Å². The highest BCUT2D eigenvalue weighted by Gasteiger charge is 2.44. The van der Waals surface area contributed by atoms with E-state index in [9.17, 15) is 9.59 Å². The number of benzene rings is 1. The van der Waals surface area contributed by atoms with Gasteiger partial charge in [0.1, 0.15) is 5.78 Å². The molecule has 1 N–H and O–H groups in total. The first kappa shape index (κ1) is 14.9. The molecule has 0 heterocycles. The first-order valence-corrected chi connectivity index (χ1v) is 7.86. The molecule has 2 saturated carbocycles. The van der Waals surface area contributed by atoms with E-state index in [-0.39, 0.29) is 23.0 Å². The highest BCUT2D eigenvalue weighted by molar-refractivity contribution is 6.05. The molecule has 2 aliphatic carbocycles. The van der Waals surface area contributed by atoms with Crippen LogP contribution in [0.2, 0.25) is 0 Å². The second kappa shape index (κ2) is 5.67. The van der Waals surface area contributed by atoms with Gasteiger partial charge in [0.2, 0.25) is 5.91 Å². The second-order valence-corrected chi connectivity index (χ2v) is 7.25. The van der Waals surface area contributed by atoms with Gasteiger partial charge in [-0.2, -0.15) is 5.10 Å². The maximum absolute atomic E-state index is 12.2. The zero-order valence-corrected chi connectivity index (χ0v) is 13.1. The third kappa shape index (κ3) is 3.43. The van der Waals surface area contributed by atoms with E-state index in [1.807, 2.05) is 18.2 Å². The smallest absolute Gasteiger partial charge is 0.243 e. The molecule has 4 nitrogen and oxygen atoms in total. The molecule has 0 unspecified atom stereocenters. The predicted octanol–water partition coefficient (Wildman–Crippen LogP) is 3.04. The Labute approximate surface area is 131 Å². The molecule has 0 aromatic heterocycles. The van der Waals surface area contributed by atoms with Gasteiger partial charge >= 0.3 is 0 Å². The number of Topliss-reactive ketones (excluding diaryl/α,β-unsaturated/α-hetero) is 1. The summed E-state index contributed by atoms with van der Waals surface area (Å²) in [5, 5.41) is 4.21. The lowest BCUT2D eigenvalue weighted by Gasteiger charge is -2.29. The van der Waals surface area contributed by atoms with Gasteiger partial charge in [0.15, 0.2) is 0 Å². The topological polar surface area (TPSA) is 58.5 Å². The minimum Gasteiger partial charge on any atom is -0.299 e. The molecular weight excluding hydrogens is 276 g/mol. The number of hydrazone groups is 1. The van der Waals surface area contributed by atoms with E-state index in [0.717, 1.165) is 18.6 Å². The Hall–Kier alpha value is -1.97. The minimum atomic E-state index is -0.0505. The molecular formula is C18H22N2O2. The van der Waals surface area contributed by atoms with Crippen LogP contribution in [0, 0.1) is 11.3 Å². The first-order chi connectivity index (χ1) is 10.4. The Morgan fingerprint density at radius 2 is 1.95 bits per heavy atom. The largest absolute Gasteiger partial charge is 0.299 e. The average Bonchev–Trinajstić information content (AvgIpc) is 3.24. The fraction of sp³-hybridized carbons (Fsp3) is 0.500. The molecule has 1 aromatic rings. The van der Waals surface area contributed by atoms with Gasteiger partial charge in [0.25, 0.3) is 0 Å². The quantitative estimate of drug-likeness (QED) is 0.872. The Kier molecular flexibility index (Phi) is 3.85. The SMILES string of the molecule is CC1(C)CC(=O)C/C(=N/NC(=O)[C@@H]2C[C@H]2c2ccccc2)C1. The third-order valence-electron chi connectivity index (χ3n) is 4.44. The summed E-state index contributed by atoms with van der Waals surface area (Å²) in [7, 11) is 0. The van der Waals surface area contributed by atoms with Gasteiger partial charge in [0, 0.05) is 24.5 Å². The molecule has 0 spiro atoms. The van der Waals surface area contributed by atoms with Crippen LogP contribution in [-0.2, 0) is 9.59 Å². The van der Waals surface area contributed by atoms with Crippen molar-refractivity contribution in [1.29, 1.82) is 0 Å².